The first-order chi connectivity index (χ1) is 6.40. The summed E-state index contributed by atoms with van der Waals surface area (Å²) in [4.78, 5) is 28.4. The van der Waals surface area contributed by atoms with Crippen LogP contribution in [0.3, 0.4) is 0 Å². The number of hydrogen-bond donors (Lipinski definition) is 4. The smallest absolute Gasteiger partial charge is 0.329 e. The number of carbonyl (C=O) groups is 3. The minimum absolute atomic E-state index is 0.563. The first-order valence-corrected chi connectivity index (χ1v) is 3.24. The Hall–Kier alpha value is -1.67. The van der Waals surface area contributed by atoms with E-state index in [1.54, 1.807) is 0 Å². The van der Waals surface area contributed by atoms with Gasteiger partial charge in [0.15, 0.2) is 0 Å². The van der Waals surface area contributed by atoms with E-state index in [0.717, 1.165) is 0 Å². The highest BCUT2D eigenvalue weighted by molar-refractivity contribution is 5.70. The third-order valence-corrected chi connectivity index (χ3v) is 0.586. The van der Waals surface area contributed by atoms with Crippen molar-refractivity contribution in [2.75, 3.05) is 19.8 Å². The predicted octanol–water partition coefficient (Wildman–Crippen LogP) is -1.76. The fourth-order valence-electron chi connectivity index (χ4n) is 0.226. The summed E-state index contributed by atoms with van der Waals surface area (Å²) in [6.45, 7) is -1.90. The summed E-state index contributed by atoms with van der Waals surface area (Å²) in [7, 11) is 0. The molecule has 0 amide bonds. The number of aliphatic hydroxyl groups is 1. The Morgan fingerprint density at radius 1 is 0.857 bits per heavy atom. The molecule has 0 unspecified atom stereocenters. The average Bonchev–Trinajstić information content (AvgIpc) is 2.04. The summed E-state index contributed by atoms with van der Waals surface area (Å²) in [5.74, 6) is -3.53. The van der Waals surface area contributed by atoms with Crippen molar-refractivity contribution in [3.05, 3.63) is 0 Å². The second kappa shape index (κ2) is 9.42. The van der Waals surface area contributed by atoms with Gasteiger partial charge in [0.25, 0.3) is 0 Å². The minimum Gasteiger partial charge on any atom is -0.480 e. The van der Waals surface area contributed by atoms with Crippen molar-refractivity contribution >= 4 is 17.9 Å². The normalized spacial score (nSPS) is 8.36. The molecule has 0 aromatic carbocycles. The molecule has 0 aliphatic heterocycles. The van der Waals surface area contributed by atoms with Crippen molar-refractivity contribution < 1.29 is 39.5 Å². The van der Waals surface area contributed by atoms with Crippen molar-refractivity contribution in [2.45, 2.75) is 0 Å². The average molecular weight is 210 g/mol. The molecule has 0 aliphatic rings. The van der Waals surface area contributed by atoms with Gasteiger partial charge in [-0.25, -0.2) is 14.4 Å². The van der Waals surface area contributed by atoms with Crippen LogP contribution in [0, 0.1) is 0 Å². The molecular formula is C6H10O8. The molecule has 0 saturated carbocycles. The Kier molecular flexibility index (Phi) is 9.98. The summed E-state index contributed by atoms with van der Waals surface area (Å²) in [5.41, 5.74) is 0. The Morgan fingerprint density at radius 3 is 1.29 bits per heavy atom. The number of aliphatic hydroxyl groups excluding tert-OH is 1. The zero-order chi connectivity index (χ0) is 11.6. The maximum atomic E-state index is 9.66. The maximum absolute atomic E-state index is 9.66. The van der Waals surface area contributed by atoms with Crippen molar-refractivity contribution in [2.24, 2.45) is 0 Å². The van der Waals surface area contributed by atoms with E-state index in [1.165, 1.54) is 0 Å². The molecule has 8 heteroatoms. The molecule has 82 valence electrons. The molecule has 0 spiro atoms. The molecule has 0 aliphatic carbocycles. The van der Waals surface area contributed by atoms with E-state index in [-0.39, 0.29) is 0 Å². The molecule has 0 aromatic rings. The quantitative estimate of drug-likeness (QED) is 0.418. The SMILES string of the molecule is O=C(O)CO.O=C(O)COCC(=O)O. The standard InChI is InChI=1S/C4H6O5.C2H4O3/c5-3(6)1-9-2-4(7)8;3-1-2(4)5/h1-2H2,(H,5,6)(H,7,8);3H,1H2,(H,4,5). The monoisotopic (exact) mass is 210 g/mol. The van der Waals surface area contributed by atoms with Gasteiger partial charge in [-0.15, -0.1) is 0 Å². The van der Waals surface area contributed by atoms with Crippen LogP contribution < -0.4 is 0 Å². The number of rotatable bonds is 5. The van der Waals surface area contributed by atoms with Gasteiger partial charge in [-0.3, -0.25) is 0 Å². The minimum atomic E-state index is -1.19. The summed E-state index contributed by atoms with van der Waals surface area (Å²) in [5, 5.41) is 30.8. The van der Waals surface area contributed by atoms with Crippen LogP contribution in [-0.4, -0.2) is 58.2 Å². The lowest BCUT2D eigenvalue weighted by atomic mass is 10.7. The molecule has 0 fully saturated rings. The van der Waals surface area contributed by atoms with Crippen LogP contribution in [0.1, 0.15) is 0 Å². The second-order valence-corrected chi connectivity index (χ2v) is 1.83. The third-order valence-electron chi connectivity index (χ3n) is 0.586. The Labute approximate surface area is 78.3 Å². The Bertz CT molecular complexity index is 184. The zero-order valence-corrected chi connectivity index (χ0v) is 7.04. The molecular weight excluding hydrogens is 200 g/mol. The number of aliphatic carboxylic acids is 3. The van der Waals surface area contributed by atoms with Crippen LogP contribution in [0.5, 0.6) is 0 Å². The van der Waals surface area contributed by atoms with E-state index in [1.807, 2.05) is 0 Å². The van der Waals surface area contributed by atoms with E-state index in [2.05, 4.69) is 4.74 Å². The van der Waals surface area contributed by atoms with Gasteiger partial charge in [0.1, 0.15) is 19.8 Å². The van der Waals surface area contributed by atoms with E-state index < -0.39 is 37.7 Å². The lowest BCUT2D eigenvalue weighted by Crippen LogP contribution is -2.13. The second-order valence-electron chi connectivity index (χ2n) is 1.83. The van der Waals surface area contributed by atoms with Crippen LogP contribution in [0.15, 0.2) is 0 Å². The molecule has 4 N–H and O–H groups in total. The van der Waals surface area contributed by atoms with Crippen LogP contribution in [0.4, 0.5) is 0 Å². The highest BCUT2D eigenvalue weighted by Gasteiger charge is 1.98. The highest BCUT2D eigenvalue weighted by Crippen LogP contribution is 1.73. The highest BCUT2D eigenvalue weighted by atomic mass is 16.5. The Balaban J connectivity index is 0. The van der Waals surface area contributed by atoms with Gasteiger partial charge in [0.2, 0.25) is 0 Å². The fraction of sp³-hybridized carbons (Fsp3) is 0.500. The van der Waals surface area contributed by atoms with Gasteiger partial charge in [-0.05, 0) is 0 Å². The summed E-state index contributed by atoms with van der Waals surface area (Å²) < 4.78 is 4.16. The molecule has 0 radical (unpaired) electrons. The van der Waals surface area contributed by atoms with Gasteiger partial charge in [0, 0.05) is 0 Å². The molecule has 14 heavy (non-hydrogen) atoms. The fourth-order valence-corrected chi connectivity index (χ4v) is 0.226. The molecule has 8 nitrogen and oxygen atoms in total. The van der Waals surface area contributed by atoms with Crippen molar-refractivity contribution in [1.82, 2.24) is 0 Å². The van der Waals surface area contributed by atoms with Crippen LogP contribution in [-0.2, 0) is 19.1 Å². The van der Waals surface area contributed by atoms with E-state index >= 15 is 0 Å². The number of carboxylic acids is 3. The van der Waals surface area contributed by atoms with E-state index in [4.69, 9.17) is 25.2 Å². The lowest BCUT2D eigenvalue weighted by molar-refractivity contribution is -0.148. The number of hydrogen-bond acceptors (Lipinski definition) is 5. The van der Waals surface area contributed by atoms with Crippen molar-refractivity contribution in [3.8, 4) is 0 Å². The topological polar surface area (TPSA) is 141 Å². The zero-order valence-electron chi connectivity index (χ0n) is 7.04. The van der Waals surface area contributed by atoms with Gasteiger partial charge in [-0.1, -0.05) is 0 Å². The maximum Gasteiger partial charge on any atom is 0.329 e. The molecule has 0 atom stereocenters. The van der Waals surface area contributed by atoms with E-state index in [0.29, 0.717) is 0 Å². The van der Waals surface area contributed by atoms with Gasteiger partial charge >= 0.3 is 17.9 Å². The molecule has 0 heterocycles. The summed E-state index contributed by atoms with van der Waals surface area (Å²) >= 11 is 0. The third kappa shape index (κ3) is 22.4. The summed E-state index contributed by atoms with van der Waals surface area (Å²) in [6, 6.07) is 0. The van der Waals surface area contributed by atoms with Crippen LogP contribution >= 0.6 is 0 Å². The van der Waals surface area contributed by atoms with Gasteiger partial charge in [-0.2, -0.15) is 0 Å². The summed E-state index contributed by atoms with van der Waals surface area (Å²) in [6.07, 6.45) is 0. The van der Waals surface area contributed by atoms with E-state index in [9.17, 15) is 9.59 Å². The lowest BCUT2D eigenvalue weighted by Gasteiger charge is -1.92. The largest absolute Gasteiger partial charge is 0.480 e. The van der Waals surface area contributed by atoms with Crippen molar-refractivity contribution in [3.63, 3.8) is 0 Å². The van der Waals surface area contributed by atoms with Gasteiger partial charge in [0.05, 0.1) is 0 Å². The first kappa shape index (κ1) is 14.8. The van der Waals surface area contributed by atoms with Gasteiger partial charge < -0.3 is 25.2 Å². The molecule has 0 bridgehead atoms. The van der Waals surface area contributed by atoms with Crippen LogP contribution in [0.2, 0.25) is 0 Å². The molecule has 0 saturated heterocycles. The molecule has 0 rings (SSSR count). The predicted molar refractivity (Wildman–Crippen MR) is 40.8 cm³/mol. The molecule has 0 aromatic heterocycles. The number of carboxylic acid groups (broad SMARTS) is 3. The van der Waals surface area contributed by atoms with Crippen molar-refractivity contribution in [1.29, 1.82) is 0 Å². The number of ether oxygens (including phenoxy) is 1. The van der Waals surface area contributed by atoms with Crippen LogP contribution in [0.25, 0.3) is 0 Å². The Morgan fingerprint density at radius 2 is 1.14 bits per heavy atom. The first-order valence-electron chi connectivity index (χ1n) is 3.24.